The van der Waals surface area contributed by atoms with Crippen LogP contribution in [0.15, 0.2) is 69.6 Å². The van der Waals surface area contributed by atoms with E-state index in [1.807, 2.05) is 24.1 Å². The average Bonchev–Trinajstić information content (AvgIpc) is 3.26. The van der Waals surface area contributed by atoms with Crippen LogP contribution in [0.3, 0.4) is 0 Å². The van der Waals surface area contributed by atoms with Crippen LogP contribution in [-0.4, -0.2) is 72.2 Å². The summed E-state index contributed by atoms with van der Waals surface area (Å²) in [6, 6.07) is 13.6. The van der Waals surface area contributed by atoms with Crippen LogP contribution in [0.25, 0.3) is 6.08 Å². The van der Waals surface area contributed by atoms with Gasteiger partial charge in [-0.25, -0.2) is 9.79 Å². The van der Waals surface area contributed by atoms with Crippen molar-refractivity contribution in [2.45, 2.75) is 32.9 Å². The number of piperazine rings is 1. The molecule has 1 amide bonds. The summed E-state index contributed by atoms with van der Waals surface area (Å²) >= 11 is 7.39. The Kier molecular flexibility index (Phi) is 8.96. The van der Waals surface area contributed by atoms with Gasteiger partial charge >= 0.3 is 5.97 Å². The van der Waals surface area contributed by atoms with Crippen molar-refractivity contribution in [3.63, 3.8) is 0 Å². The monoisotopic (exact) mass is 608 g/mol. The van der Waals surface area contributed by atoms with Crippen LogP contribution in [-0.2, 0) is 14.3 Å². The van der Waals surface area contributed by atoms with Crippen LogP contribution in [0.4, 0.5) is 0 Å². The normalized spacial score (nSPS) is 17.7. The molecule has 2 aliphatic heterocycles. The van der Waals surface area contributed by atoms with Crippen LogP contribution in [0.2, 0.25) is 5.02 Å². The number of fused-ring (bicyclic) bond motifs is 1. The summed E-state index contributed by atoms with van der Waals surface area (Å²) in [5.41, 5.74) is 2.07. The van der Waals surface area contributed by atoms with Gasteiger partial charge in [-0.15, -0.1) is 0 Å². The maximum absolute atomic E-state index is 13.8. The summed E-state index contributed by atoms with van der Waals surface area (Å²) in [4.78, 5) is 48.6. The van der Waals surface area contributed by atoms with Gasteiger partial charge < -0.3 is 19.3 Å². The van der Waals surface area contributed by atoms with Crippen LogP contribution >= 0.6 is 22.9 Å². The van der Waals surface area contributed by atoms with Crippen molar-refractivity contribution in [3.8, 4) is 5.75 Å². The zero-order valence-corrected chi connectivity index (χ0v) is 25.6. The summed E-state index contributed by atoms with van der Waals surface area (Å²) in [6.07, 6.45) is 1.46. The third-order valence-corrected chi connectivity index (χ3v) is 8.40. The number of esters is 1. The topological polar surface area (TPSA) is 93.4 Å². The first kappa shape index (κ1) is 29.8. The number of rotatable bonds is 7. The molecule has 0 radical (unpaired) electrons. The molecule has 1 unspecified atom stereocenters. The highest BCUT2D eigenvalue weighted by atomic mass is 35.5. The summed E-state index contributed by atoms with van der Waals surface area (Å²) in [5.74, 6) is 0.0281. The lowest BCUT2D eigenvalue weighted by atomic mass is 9.96. The molecule has 3 aromatic rings. The number of hydrogen-bond donors (Lipinski definition) is 0. The number of benzene rings is 2. The van der Waals surface area contributed by atoms with Gasteiger partial charge in [0.1, 0.15) is 5.75 Å². The number of carbonyl (C=O) groups excluding carboxylic acids is 2. The molecule has 0 saturated carbocycles. The summed E-state index contributed by atoms with van der Waals surface area (Å²) in [5, 5.41) is 0.550. The van der Waals surface area contributed by atoms with E-state index in [0.717, 1.165) is 24.2 Å². The minimum Gasteiger partial charge on any atom is -0.484 e. The van der Waals surface area contributed by atoms with Gasteiger partial charge in [0.15, 0.2) is 11.4 Å². The number of carbonyl (C=O) groups is 2. The first-order chi connectivity index (χ1) is 20.1. The number of amides is 1. The lowest BCUT2D eigenvalue weighted by Crippen LogP contribution is -2.48. The number of aromatic nitrogens is 1. The second-order valence-electron chi connectivity index (χ2n) is 10.6. The molecule has 3 heterocycles. The van der Waals surface area contributed by atoms with Gasteiger partial charge in [-0.3, -0.25) is 14.2 Å². The van der Waals surface area contributed by atoms with E-state index in [9.17, 15) is 14.4 Å². The smallest absolute Gasteiger partial charge is 0.338 e. The first-order valence-electron chi connectivity index (χ1n) is 13.8. The maximum atomic E-state index is 13.8. The van der Waals surface area contributed by atoms with Crippen LogP contribution in [0.1, 0.15) is 37.9 Å². The maximum Gasteiger partial charge on any atom is 0.338 e. The molecular weight excluding hydrogens is 576 g/mol. The largest absolute Gasteiger partial charge is 0.484 e. The molecule has 0 N–H and O–H groups in total. The summed E-state index contributed by atoms with van der Waals surface area (Å²) in [6.45, 7) is 8.41. The molecule has 9 nitrogen and oxygen atoms in total. The van der Waals surface area contributed by atoms with Crippen LogP contribution < -0.4 is 19.6 Å². The number of thiazole rings is 1. The lowest BCUT2D eigenvalue weighted by Gasteiger charge is -2.32. The standard InChI is InChI=1S/C31H33ClN4O5S/c1-19(2)41-30(39)27-20(3)33-31-36(28(27)22-7-9-23(32)10-8-22)29(38)25(42-31)17-21-5-11-24(12-6-21)40-18-26(37)35-15-13-34(4)14-16-35/h5-12,17,19,28H,13-16,18H2,1-4H3/b25-17-. The van der Waals surface area contributed by atoms with Crippen molar-refractivity contribution in [2.75, 3.05) is 39.8 Å². The second-order valence-corrected chi connectivity index (χ2v) is 12.1. The fourth-order valence-corrected chi connectivity index (χ4v) is 6.10. The van der Waals surface area contributed by atoms with Crippen molar-refractivity contribution in [1.29, 1.82) is 0 Å². The fourth-order valence-electron chi connectivity index (χ4n) is 4.92. The van der Waals surface area contributed by atoms with E-state index in [0.29, 0.717) is 44.5 Å². The molecule has 1 atom stereocenters. The Morgan fingerprint density at radius 2 is 1.74 bits per heavy atom. The Balaban J connectivity index is 1.41. The van der Waals surface area contributed by atoms with E-state index in [1.54, 1.807) is 67.8 Å². The number of halogens is 1. The zero-order chi connectivity index (χ0) is 30.0. The quantitative estimate of drug-likeness (QED) is 0.383. The van der Waals surface area contributed by atoms with Gasteiger partial charge in [0.25, 0.3) is 11.5 Å². The first-order valence-corrected chi connectivity index (χ1v) is 15.0. The SMILES string of the molecule is CC1=C(C(=O)OC(C)C)C(c2ccc(Cl)cc2)n2c(s/c(=C\c3ccc(OCC(=O)N4CCN(C)CC4)cc3)c2=O)=N1. The van der Waals surface area contributed by atoms with E-state index < -0.39 is 12.0 Å². The average molecular weight is 609 g/mol. The lowest BCUT2D eigenvalue weighted by molar-refractivity contribution is -0.143. The van der Waals surface area contributed by atoms with E-state index in [2.05, 4.69) is 9.89 Å². The Bertz CT molecular complexity index is 1680. The Morgan fingerprint density at radius 3 is 2.38 bits per heavy atom. The molecule has 0 aliphatic carbocycles. The molecule has 42 heavy (non-hydrogen) atoms. The van der Waals surface area contributed by atoms with Crippen molar-refractivity contribution in [2.24, 2.45) is 4.99 Å². The number of likely N-dealkylation sites (N-methyl/N-ethyl adjacent to an activating group) is 1. The van der Waals surface area contributed by atoms with Gasteiger partial charge in [0.2, 0.25) is 0 Å². The van der Waals surface area contributed by atoms with E-state index in [4.69, 9.17) is 21.1 Å². The van der Waals surface area contributed by atoms with Gasteiger partial charge in [0.05, 0.1) is 27.9 Å². The third-order valence-electron chi connectivity index (χ3n) is 7.17. The molecule has 1 fully saturated rings. The molecule has 1 aromatic heterocycles. The molecule has 2 aromatic carbocycles. The predicted molar refractivity (Wildman–Crippen MR) is 162 cm³/mol. The highest BCUT2D eigenvalue weighted by Crippen LogP contribution is 2.31. The minimum atomic E-state index is -0.708. The molecule has 11 heteroatoms. The Hall–Kier alpha value is -3.73. The number of hydrogen-bond acceptors (Lipinski definition) is 8. The van der Waals surface area contributed by atoms with Crippen molar-refractivity contribution in [1.82, 2.24) is 14.4 Å². The van der Waals surface area contributed by atoms with E-state index in [1.165, 1.54) is 11.3 Å². The van der Waals surface area contributed by atoms with E-state index in [-0.39, 0.29) is 24.2 Å². The van der Waals surface area contributed by atoms with Crippen molar-refractivity contribution < 1.29 is 19.1 Å². The summed E-state index contributed by atoms with van der Waals surface area (Å²) in [7, 11) is 2.04. The second kappa shape index (κ2) is 12.6. The number of allylic oxidation sites excluding steroid dienone is 1. The van der Waals surface area contributed by atoms with Crippen molar-refractivity contribution in [3.05, 3.63) is 95.6 Å². The summed E-state index contributed by atoms with van der Waals surface area (Å²) < 4.78 is 13.3. The van der Waals surface area contributed by atoms with Crippen LogP contribution in [0.5, 0.6) is 5.75 Å². The van der Waals surface area contributed by atoms with Crippen LogP contribution in [0, 0.1) is 0 Å². The van der Waals surface area contributed by atoms with Gasteiger partial charge in [-0.2, -0.15) is 0 Å². The minimum absolute atomic E-state index is 0.0205. The third kappa shape index (κ3) is 6.51. The van der Waals surface area contributed by atoms with E-state index >= 15 is 0 Å². The highest BCUT2D eigenvalue weighted by molar-refractivity contribution is 7.07. The molecular formula is C31H33ClN4O5S. The Morgan fingerprint density at radius 1 is 1.07 bits per heavy atom. The van der Waals surface area contributed by atoms with Crippen molar-refractivity contribution >= 4 is 40.9 Å². The molecule has 5 rings (SSSR count). The zero-order valence-electron chi connectivity index (χ0n) is 24.0. The fraction of sp³-hybridized carbons (Fsp3) is 0.355. The number of nitrogens with zero attached hydrogens (tertiary/aromatic N) is 4. The van der Waals surface area contributed by atoms with Gasteiger partial charge in [0, 0.05) is 31.2 Å². The highest BCUT2D eigenvalue weighted by Gasteiger charge is 2.33. The molecule has 0 bridgehead atoms. The molecule has 220 valence electrons. The van der Waals surface area contributed by atoms with Gasteiger partial charge in [-0.05, 0) is 69.3 Å². The molecule has 0 spiro atoms. The predicted octanol–water partition coefficient (Wildman–Crippen LogP) is 2.99. The van der Waals surface area contributed by atoms with Gasteiger partial charge in [-0.1, -0.05) is 47.2 Å². The number of ether oxygens (including phenoxy) is 2. The molecule has 1 saturated heterocycles. The molecule has 2 aliphatic rings. The Labute approximate surface area is 252 Å².